The van der Waals surface area contributed by atoms with Gasteiger partial charge >= 0.3 is 0 Å². The molecule has 1 saturated carbocycles. The number of nitrogens with zero attached hydrogens (tertiary/aromatic N) is 2. The summed E-state index contributed by atoms with van der Waals surface area (Å²) in [6.07, 6.45) is 7.46. The number of carbonyl (C=O) groups is 1. The minimum atomic E-state index is -0.0149. The zero-order valence-corrected chi connectivity index (χ0v) is 12.9. The SMILES string of the molecule is O=C(NCC1Cc2cccc(-c3ncccn3)c2O1)C1CCC1. The molecule has 4 rings (SSSR count). The summed E-state index contributed by atoms with van der Waals surface area (Å²) in [5, 5.41) is 3.03. The topological polar surface area (TPSA) is 64.1 Å². The molecule has 1 aliphatic carbocycles. The molecule has 1 fully saturated rings. The van der Waals surface area contributed by atoms with Crippen molar-refractivity contribution in [2.75, 3.05) is 6.54 Å². The van der Waals surface area contributed by atoms with Crippen molar-refractivity contribution >= 4 is 5.91 Å². The molecule has 1 aromatic heterocycles. The monoisotopic (exact) mass is 309 g/mol. The maximum absolute atomic E-state index is 12.0. The van der Waals surface area contributed by atoms with E-state index in [4.69, 9.17) is 4.74 Å². The van der Waals surface area contributed by atoms with Gasteiger partial charge in [0.15, 0.2) is 5.82 Å². The van der Waals surface area contributed by atoms with Gasteiger partial charge in [-0.25, -0.2) is 9.97 Å². The maximum Gasteiger partial charge on any atom is 0.223 e. The predicted molar refractivity (Wildman–Crippen MR) is 85.9 cm³/mol. The fourth-order valence-corrected chi connectivity index (χ4v) is 3.10. The first kappa shape index (κ1) is 14.2. The number of nitrogens with one attached hydrogen (secondary N) is 1. The van der Waals surface area contributed by atoms with Crippen LogP contribution in [0.1, 0.15) is 24.8 Å². The number of amides is 1. The molecule has 5 heteroatoms. The molecule has 5 nitrogen and oxygen atoms in total. The Bertz CT molecular complexity index is 713. The van der Waals surface area contributed by atoms with Crippen molar-refractivity contribution in [3.8, 4) is 17.1 Å². The summed E-state index contributed by atoms with van der Waals surface area (Å²) in [5.74, 6) is 1.90. The van der Waals surface area contributed by atoms with Crippen LogP contribution in [-0.4, -0.2) is 28.5 Å². The molecule has 2 heterocycles. The summed E-state index contributed by atoms with van der Waals surface area (Å²) >= 11 is 0. The predicted octanol–water partition coefficient (Wildman–Crippen LogP) is 2.36. The lowest BCUT2D eigenvalue weighted by molar-refractivity contribution is -0.127. The first-order chi connectivity index (χ1) is 11.3. The summed E-state index contributed by atoms with van der Waals surface area (Å²) < 4.78 is 6.08. The zero-order valence-electron chi connectivity index (χ0n) is 12.9. The van der Waals surface area contributed by atoms with Crippen LogP contribution in [0.3, 0.4) is 0 Å². The Morgan fingerprint density at radius 2 is 2.04 bits per heavy atom. The van der Waals surface area contributed by atoms with Crippen molar-refractivity contribution in [2.45, 2.75) is 31.8 Å². The van der Waals surface area contributed by atoms with Crippen LogP contribution < -0.4 is 10.1 Å². The van der Waals surface area contributed by atoms with Gasteiger partial charge < -0.3 is 10.1 Å². The van der Waals surface area contributed by atoms with Gasteiger partial charge in [0.25, 0.3) is 0 Å². The van der Waals surface area contributed by atoms with Crippen molar-refractivity contribution in [3.05, 3.63) is 42.2 Å². The lowest BCUT2D eigenvalue weighted by Crippen LogP contribution is -2.40. The molecule has 0 radical (unpaired) electrons. The standard InChI is InChI=1S/C18H19N3O2/c22-18(12-4-1-5-12)21-11-14-10-13-6-2-7-15(16(13)23-14)17-19-8-3-9-20-17/h2-3,6-9,12,14H,1,4-5,10-11H2,(H,21,22). The highest BCUT2D eigenvalue weighted by Crippen LogP contribution is 2.37. The van der Waals surface area contributed by atoms with E-state index in [1.165, 1.54) is 6.42 Å². The maximum atomic E-state index is 12.0. The number of hydrogen-bond acceptors (Lipinski definition) is 4. The van der Waals surface area contributed by atoms with Gasteiger partial charge in [-0.05, 0) is 30.5 Å². The number of benzene rings is 1. The van der Waals surface area contributed by atoms with Crippen LogP contribution in [0.15, 0.2) is 36.7 Å². The van der Waals surface area contributed by atoms with Crippen LogP contribution in [0.4, 0.5) is 0 Å². The molecule has 0 saturated heterocycles. The van der Waals surface area contributed by atoms with Gasteiger partial charge in [0.2, 0.25) is 5.91 Å². The summed E-state index contributed by atoms with van der Waals surface area (Å²) in [7, 11) is 0. The smallest absolute Gasteiger partial charge is 0.223 e. The van der Waals surface area contributed by atoms with Gasteiger partial charge in [0, 0.05) is 24.7 Å². The molecule has 1 N–H and O–H groups in total. The van der Waals surface area contributed by atoms with E-state index in [-0.39, 0.29) is 17.9 Å². The Morgan fingerprint density at radius 1 is 1.22 bits per heavy atom. The molecule has 1 unspecified atom stereocenters. The van der Waals surface area contributed by atoms with Gasteiger partial charge in [0.05, 0.1) is 12.1 Å². The molecule has 2 aliphatic rings. The second kappa shape index (κ2) is 5.99. The van der Waals surface area contributed by atoms with Crippen LogP contribution in [0.2, 0.25) is 0 Å². The Labute approximate surface area is 135 Å². The Balaban J connectivity index is 1.46. The molecule has 1 aromatic carbocycles. The number of aromatic nitrogens is 2. The van der Waals surface area contributed by atoms with E-state index in [0.717, 1.165) is 36.1 Å². The van der Waals surface area contributed by atoms with Crippen molar-refractivity contribution in [3.63, 3.8) is 0 Å². The molecule has 2 aromatic rings. The third-order valence-corrected chi connectivity index (χ3v) is 4.62. The number of fused-ring (bicyclic) bond motifs is 1. The van der Waals surface area contributed by atoms with E-state index < -0.39 is 0 Å². The lowest BCUT2D eigenvalue weighted by atomic mass is 9.85. The Morgan fingerprint density at radius 3 is 2.78 bits per heavy atom. The lowest BCUT2D eigenvalue weighted by Gasteiger charge is -2.24. The molecule has 1 amide bonds. The van der Waals surface area contributed by atoms with Crippen LogP contribution in [-0.2, 0) is 11.2 Å². The quantitative estimate of drug-likeness (QED) is 0.941. The third-order valence-electron chi connectivity index (χ3n) is 4.62. The molecular formula is C18H19N3O2. The van der Waals surface area contributed by atoms with E-state index >= 15 is 0 Å². The molecule has 118 valence electrons. The van der Waals surface area contributed by atoms with Crippen LogP contribution in [0, 0.1) is 5.92 Å². The van der Waals surface area contributed by atoms with Crippen LogP contribution in [0.25, 0.3) is 11.4 Å². The van der Waals surface area contributed by atoms with Gasteiger partial charge in [0.1, 0.15) is 11.9 Å². The fraction of sp³-hybridized carbons (Fsp3) is 0.389. The Hall–Kier alpha value is -2.43. The molecule has 23 heavy (non-hydrogen) atoms. The van der Waals surface area contributed by atoms with Crippen LogP contribution in [0.5, 0.6) is 5.75 Å². The molecule has 0 bridgehead atoms. The highest BCUT2D eigenvalue weighted by Gasteiger charge is 2.29. The fourth-order valence-electron chi connectivity index (χ4n) is 3.10. The highest BCUT2D eigenvalue weighted by molar-refractivity contribution is 5.79. The van der Waals surface area contributed by atoms with Crippen molar-refractivity contribution in [1.29, 1.82) is 0 Å². The van der Waals surface area contributed by atoms with Gasteiger partial charge in [-0.3, -0.25) is 4.79 Å². The average Bonchev–Trinajstić information content (AvgIpc) is 2.95. The number of ether oxygens (including phenoxy) is 1. The summed E-state index contributed by atoms with van der Waals surface area (Å²) in [5.41, 5.74) is 2.06. The number of hydrogen-bond donors (Lipinski definition) is 1. The number of para-hydroxylation sites is 1. The van der Waals surface area contributed by atoms with E-state index in [1.807, 2.05) is 12.1 Å². The summed E-state index contributed by atoms with van der Waals surface area (Å²) in [6.45, 7) is 0.555. The second-order valence-corrected chi connectivity index (χ2v) is 6.18. The average molecular weight is 309 g/mol. The third kappa shape index (κ3) is 2.79. The normalized spacial score (nSPS) is 19.6. The molecule has 0 spiro atoms. The number of carbonyl (C=O) groups excluding carboxylic acids is 1. The second-order valence-electron chi connectivity index (χ2n) is 6.18. The van der Waals surface area contributed by atoms with Crippen molar-refractivity contribution < 1.29 is 9.53 Å². The van der Waals surface area contributed by atoms with Gasteiger partial charge in [-0.15, -0.1) is 0 Å². The van der Waals surface area contributed by atoms with E-state index in [9.17, 15) is 4.79 Å². The van der Waals surface area contributed by atoms with Crippen LogP contribution >= 0.6 is 0 Å². The van der Waals surface area contributed by atoms with E-state index in [0.29, 0.717) is 12.4 Å². The first-order valence-corrected chi connectivity index (χ1v) is 8.15. The summed E-state index contributed by atoms with van der Waals surface area (Å²) in [4.78, 5) is 20.6. The van der Waals surface area contributed by atoms with E-state index in [2.05, 4.69) is 21.4 Å². The summed E-state index contributed by atoms with van der Waals surface area (Å²) in [6, 6.07) is 7.84. The first-order valence-electron chi connectivity index (χ1n) is 8.15. The molecular weight excluding hydrogens is 290 g/mol. The van der Waals surface area contributed by atoms with E-state index in [1.54, 1.807) is 18.5 Å². The van der Waals surface area contributed by atoms with Crippen molar-refractivity contribution in [2.24, 2.45) is 5.92 Å². The minimum Gasteiger partial charge on any atom is -0.487 e. The molecule has 1 atom stereocenters. The minimum absolute atomic E-state index is 0.0149. The van der Waals surface area contributed by atoms with Gasteiger partial charge in [-0.2, -0.15) is 0 Å². The highest BCUT2D eigenvalue weighted by atomic mass is 16.5. The van der Waals surface area contributed by atoms with Crippen molar-refractivity contribution in [1.82, 2.24) is 15.3 Å². The largest absolute Gasteiger partial charge is 0.487 e. The van der Waals surface area contributed by atoms with Gasteiger partial charge in [-0.1, -0.05) is 18.6 Å². The Kier molecular flexibility index (Phi) is 3.69. The molecule has 1 aliphatic heterocycles. The number of rotatable bonds is 4. The zero-order chi connectivity index (χ0) is 15.6.